The summed E-state index contributed by atoms with van der Waals surface area (Å²) in [6.45, 7) is 6.61. The van der Waals surface area contributed by atoms with E-state index in [1.54, 1.807) is 11.8 Å². The second-order valence-corrected chi connectivity index (χ2v) is 5.94. The van der Waals surface area contributed by atoms with Crippen LogP contribution in [0.1, 0.15) is 19.4 Å². The van der Waals surface area contributed by atoms with Gasteiger partial charge in [0.2, 0.25) is 17.7 Å². The third kappa shape index (κ3) is 5.66. The van der Waals surface area contributed by atoms with Gasteiger partial charge in [-0.15, -0.1) is 0 Å². The summed E-state index contributed by atoms with van der Waals surface area (Å²) in [6.07, 6.45) is 0. The van der Waals surface area contributed by atoms with Crippen molar-refractivity contribution in [3.8, 4) is 0 Å². The Morgan fingerprint density at radius 2 is 1.62 bits per heavy atom. The van der Waals surface area contributed by atoms with Crippen molar-refractivity contribution in [1.29, 1.82) is 0 Å². The third-order valence-corrected chi connectivity index (χ3v) is 3.95. The molecule has 1 aromatic carbocycles. The Balaban J connectivity index is 1.71. The van der Waals surface area contributed by atoms with Gasteiger partial charge in [0.25, 0.3) is 0 Å². The molecule has 0 spiro atoms. The average molecular weight is 332 g/mol. The van der Waals surface area contributed by atoms with E-state index >= 15 is 0 Å². The van der Waals surface area contributed by atoms with Crippen molar-refractivity contribution in [3.05, 3.63) is 29.8 Å². The number of carbonyl (C=O) groups is 3. The number of benzene rings is 1. The second kappa shape index (κ2) is 8.44. The Morgan fingerprint density at radius 3 is 2.17 bits per heavy atom. The summed E-state index contributed by atoms with van der Waals surface area (Å²) in [5.41, 5.74) is 1.71. The Labute approximate surface area is 142 Å². The predicted molar refractivity (Wildman–Crippen MR) is 91.3 cm³/mol. The van der Waals surface area contributed by atoms with Gasteiger partial charge < -0.3 is 15.5 Å². The molecule has 0 atom stereocenters. The van der Waals surface area contributed by atoms with Gasteiger partial charge in [-0.1, -0.05) is 12.1 Å². The van der Waals surface area contributed by atoms with Gasteiger partial charge in [-0.3, -0.25) is 19.3 Å². The molecule has 7 heteroatoms. The van der Waals surface area contributed by atoms with Crippen molar-refractivity contribution >= 4 is 23.4 Å². The highest BCUT2D eigenvalue weighted by Gasteiger charge is 2.19. The molecule has 7 nitrogen and oxygen atoms in total. The van der Waals surface area contributed by atoms with E-state index < -0.39 is 0 Å². The van der Waals surface area contributed by atoms with Crippen molar-refractivity contribution in [2.24, 2.45) is 0 Å². The lowest BCUT2D eigenvalue weighted by Crippen LogP contribution is -2.50. The molecule has 3 amide bonds. The van der Waals surface area contributed by atoms with Crippen LogP contribution in [-0.4, -0.2) is 60.2 Å². The first-order valence-corrected chi connectivity index (χ1v) is 8.05. The van der Waals surface area contributed by atoms with Crippen molar-refractivity contribution < 1.29 is 14.4 Å². The Hall–Kier alpha value is -2.41. The zero-order chi connectivity index (χ0) is 17.5. The van der Waals surface area contributed by atoms with E-state index in [9.17, 15) is 14.4 Å². The van der Waals surface area contributed by atoms with Gasteiger partial charge in [-0.25, -0.2) is 0 Å². The molecule has 2 rings (SSSR count). The molecule has 1 aromatic rings. The number of hydrogen-bond acceptors (Lipinski definition) is 4. The van der Waals surface area contributed by atoms with Crippen LogP contribution in [0.4, 0.5) is 5.69 Å². The molecule has 1 saturated heterocycles. The van der Waals surface area contributed by atoms with Gasteiger partial charge in [0.05, 0.1) is 6.54 Å². The number of nitrogens with zero attached hydrogens (tertiary/aromatic N) is 2. The lowest BCUT2D eigenvalue weighted by molar-refractivity contribution is -0.131. The molecule has 24 heavy (non-hydrogen) atoms. The van der Waals surface area contributed by atoms with Gasteiger partial charge in [0.1, 0.15) is 0 Å². The number of carbonyl (C=O) groups excluding carboxylic acids is 3. The molecule has 1 fully saturated rings. The maximum atomic E-state index is 12.0. The largest absolute Gasteiger partial charge is 0.351 e. The molecule has 0 bridgehead atoms. The molecule has 0 aromatic heterocycles. The normalized spacial score (nSPS) is 15.0. The van der Waals surface area contributed by atoms with Crippen molar-refractivity contribution in [3.63, 3.8) is 0 Å². The molecular formula is C17H24N4O3. The van der Waals surface area contributed by atoms with Crippen molar-refractivity contribution in [2.45, 2.75) is 20.4 Å². The number of rotatable bonds is 5. The van der Waals surface area contributed by atoms with Crippen LogP contribution in [0, 0.1) is 0 Å². The maximum absolute atomic E-state index is 12.0. The average Bonchev–Trinajstić information content (AvgIpc) is 2.54. The fraction of sp³-hybridized carbons (Fsp3) is 0.471. The van der Waals surface area contributed by atoms with Gasteiger partial charge in [0.15, 0.2) is 0 Å². The molecule has 1 aliphatic heterocycles. The van der Waals surface area contributed by atoms with E-state index in [1.807, 2.05) is 24.3 Å². The lowest BCUT2D eigenvalue weighted by atomic mass is 10.2. The van der Waals surface area contributed by atoms with E-state index in [0.29, 0.717) is 26.2 Å². The highest BCUT2D eigenvalue weighted by atomic mass is 16.2. The molecular weight excluding hydrogens is 308 g/mol. The Kier molecular flexibility index (Phi) is 6.31. The summed E-state index contributed by atoms with van der Waals surface area (Å²) in [5, 5.41) is 5.59. The van der Waals surface area contributed by atoms with Gasteiger partial charge in [0, 0.05) is 52.3 Å². The Morgan fingerprint density at radius 1 is 1.00 bits per heavy atom. The summed E-state index contributed by atoms with van der Waals surface area (Å²) in [4.78, 5) is 38.1. The third-order valence-electron chi connectivity index (χ3n) is 3.95. The van der Waals surface area contributed by atoms with Crippen LogP contribution in [0.3, 0.4) is 0 Å². The number of piperazine rings is 1. The minimum atomic E-state index is -0.110. The summed E-state index contributed by atoms with van der Waals surface area (Å²) >= 11 is 0. The summed E-state index contributed by atoms with van der Waals surface area (Å²) in [5.74, 6) is -0.0556. The van der Waals surface area contributed by atoms with Crippen LogP contribution in [0.2, 0.25) is 0 Å². The SMILES string of the molecule is CC(=O)Nc1ccc(CNC(=O)CN2CCN(C(C)=O)CC2)cc1. The Bertz CT molecular complexity index is 592. The first-order chi connectivity index (χ1) is 11.4. The van der Waals surface area contributed by atoms with Crippen molar-refractivity contribution in [1.82, 2.24) is 15.1 Å². The fourth-order valence-electron chi connectivity index (χ4n) is 2.59. The van der Waals surface area contributed by atoms with Crippen LogP contribution in [0.15, 0.2) is 24.3 Å². The molecule has 0 aliphatic carbocycles. The molecule has 1 aliphatic rings. The van der Waals surface area contributed by atoms with Gasteiger partial charge >= 0.3 is 0 Å². The quantitative estimate of drug-likeness (QED) is 0.819. The highest BCUT2D eigenvalue weighted by molar-refractivity contribution is 5.88. The predicted octanol–water partition coefficient (Wildman–Crippen LogP) is 0.425. The van der Waals surface area contributed by atoms with Crippen LogP contribution >= 0.6 is 0 Å². The van der Waals surface area contributed by atoms with Gasteiger partial charge in [-0.2, -0.15) is 0 Å². The molecule has 2 N–H and O–H groups in total. The zero-order valence-corrected chi connectivity index (χ0v) is 14.2. The van der Waals surface area contributed by atoms with E-state index in [4.69, 9.17) is 0 Å². The monoisotopic (exact) mass is 332 g/mol. The van der Waals surface area contributed by atoms with E-state index in [2.05, 4.69) is 15.5 Å². The number of anilines is 1. The van der Waals surface area contributed by atoms with Crippen LogP contribution < -0.4 is 10.6 Å². The molecule has 1 heterocycles. The van der Waals surface area contributed by atoms with E-state index in [0.717, 1.165) is 24.3 Å². The zero-order valence-electron chi connectivity index (χ0n) is 14.2. The number of nitrogens with one attached hydrogen (secondary N) is 2. The van der Waals surface area contributed by atoms with Crippen LogP contribution in [0.5, 0.6) is 0 Å². The van der Waals surface area contributed by atoms with Crippen LogP contribution in [0.25, 0.3) is 0 Å². The summed E-state index contributed by atoms with van der Waals surface area (Å²) < 4.78 is 0. The fourth-order valence-corrected chi connectivity index (χ4v) is 2.59. The standard InChI is InChI=1S/C17H24N4O3/c1-13(22)19-16-5-3-15(4-6-16)11-18-17(24)12-20-7-9-21(10-8-20)14(2)23/h3-6H,7-12H2,1-2H3,(H,18,24)(H,19,22). The minimum absolute atomic E-state index is 0.0304. The second-order valence-electron chi connectivity index (χ2n) is 5.94. The van der Waals surface area contributed by atoms with Gasteiger partial charge in [-0.05, 0) is 17.7 Å². The minimum Gasteiger partial charge on any atom is -0.351 e. The highest BCUT2D eigenvalue weighted by Crippen LogP contribution is 2.09. The molecule has 0 radical (unpaired) electrons. The summed E-state index contributed by atoms with van der Waals surface area (Å²) in [7, 11) is 0. The smallest absolute Gasteiger partial charge is 0.234 e. The first kappa shape index (κ1) is 17.9. The lowest BCUT2D eigenvalue weighted by Gasteiger charge is -2.33. The number of hydrogen-bond donors (Lipinski definition) is 2. The summed E-state index contributed by atoms with van der Waals surface area (Å²) in [6, 6.07) is 7.36. The van der Waals surface area contributed by atoms with Crippen molar-refractivity contribution in [2.75, 3.05) is 38.0 Å². The molecule has 130 valence electrons. The molecule has 0 saturated carbocycles. The maximum Gasteiger partial charge on any atom is 0.234 e. The number of amides is 3. The van der Waals surface area contributed by atoms with Crippen LogP contribution in [-0.2, 0) is 20.9 Å². The van der Waals surface area contributed by atoms with E-state index in [1.165, 1.54) is 6.92 Å². The van der Waals surface area contributed by atoms with E-state index in [-0.39, 0.29) is 17.7 Å². The topological polar surface area (TPSA) is 81.8 Å². The first-order valence-electron chi connectivity index (χ1n) is 8.05. The molecule has 0 unspecified atom stereocenters.